The molecule has 0 radical (unpaired) electrons. The van der Waals surface area contributed by atoms with Crippen LogP contribution in [-0.4, -0.2) is 30.4 Å². The number of hydrogen-bond donors (Lipinski definition) is 2. The van der Waals surface area contributed by atoms with Crippen LogP contribution in [0.25, 0.3) is 0 Å². The smallest absolute Gasteiger partial charge is 0.341 e. The Labute approximate surface area is 178 Å². The van der Waals surface area contributed by atoms with Crippen LogP contribution in [0, 0.1) is 6.92 Å². The summed E-state index contributed by atoms with van der Waals surface area (Å²) < 4.78 is 5.15. The van der Waals surface area contributed by atoms with Crippen molar-refractivity contribution in [1.29, 1.82) is 0 Å². The molecule has 1 aromatic carbocycles. The molecule has 2 aromatic rings. The molecule has 0 aliphatic heterocycles. The second-order valence-electron chi connectivity index (χ2n) is 6.90. The summed E-state index contributed by atoms with van der Waals surface area (Å²) in [5.41, 5.74) is 1.07. The quantitative estimate of drug-likeness (QED) is 0.639. The molecule has 0 bridgehead atoms. The number of carbonyl (C=O) groups is 3. The first-order chi connectivity index (χ1) is 13.9. The van der Waals surface area contributed by atoms with Crippen molar-refractivity contribution in [2.24, 2.45) is 0 Å². The zero-order chi connectivity index (χ0) is 21.0. The predicted octanol–water partition coefficient (Wildman–Crippen LogP) is 4.81. The summed E-state index contributed by atoms with van der Waals surface area (Å²) in [5, 5.41) is 6.50. The van der Waals surface area contributed by atoms with Crippen molar-refractivity contribution in [1.82, 2.24) is 5.32 Å². The summed E-state index contributed by atoms with van der Waals surface area (Å²) in [6, 6.07) is 6.65. The van der Waals surface area contributed by atoms with Gasteiger partial charge >= 0.3 is 5.97 Å². The van der Waals surface area contributed by atoms with Gasteiger partial charge in [-0.05, 0) is 50.5 Å². The molecule has 1 aromatic heterocycles. The summed E-state index contributed by atoms with van der Waals surface area (Å²) in [7, 11) is 0. The molecule has 8 heteroatoms. The third-order valence-corrected chi connectivity index (χ3v) is 6.28. The van der Waals surface area contributed by atoms with Crippen LogP contribution in [0.2, 0.25) is 5.02 Å². The van der Waals surface area contributed by atoms with Gasteiger partial charge in [0.05, 0.1) is 17.0 Å². The standard InChI is InChI=1S/C21H23ClN2O4S/c1-3-28-21(27)16-12(2)17(19(26)23-15-9-4-5-10-15)29-20(16)24-18(25)13-7-6-8-14(22)11-13/h6-8,11,15H,3-5,9-10H2,1-2H3,(H,23,26)(H,24,25). The van der Waals surface area contributed by atoms with E-state index in [1.807, 2.05) is 0 Å². The SMILES string of the molecule is CCOC(=O)c1c(NC(=O)c2cccc(Cl)c2)sc(C(=O)NC2CCCC2)c1C. The van der Waals surface area contributed by atoms with E-state index in [-0.39, 0.29) is 24.1 Å². The third-order valence-electron chi connectivity index (χ3n) is 4.84. The molecule has 1 fully saturated rings. The Hall–Kier alpha value is -2.38. The summed E-state index contributed by atoms with van der Waals surface area (Å²) in [6.45, 7) is 3.60. The zero-order valence-corrected chi connectivity index (χ0v) is 17.9. The van der Waals surface area contributed by atoms with Crippen LogP contribution in [0.5, 0.6) is 0 Å². The lowest BCUT2D eigenvalue weighted by Crippen LogP contribution is -2.32. The molecule has 0 saturated heterocycles. The average molecular weight is 435 g/mol. The summed E-state index contributed by atoms with van der Waals surface area (Å²) in [5.74, 6) is -1.21. The Morgan fingerprint density at radius 2 is 1.93 bits per heavy atom. The maximum absolute atomic E-state index is 12.8. The lowest BCUT2D eigenvalue weighted by atomic mass is 10.1. The molecule has 0 unspecified atom stereocenters. The van der Waals surface area contributed by atoms with Crippen molar-refractivity contribution in [3.8, 4) is 0 Å². The van der Waals surface area contributed by atoms with Crippen molar-refractivity contribution in [3.63, 3.8) is 0 Å². The fourth-order valence-electron chi connectivity index (χ4n) is 3.39. The number of anilines is 1. The molecule has 0 atom stereocenters. The minimum absolute atomic E-state index is 0.152. The van der Waals surface area contributed by atoms with Gasteiger partial charge in [0.2, 0.25) is 0 Å². The number of amides is 2. The molecular formula is C21H23ClN2O4S. The number of thiophene rings is 1. The van der Waals surface area contributed by atoms with E-state index in [9.17, 15) is 14.4 Å². The van der Waals surface area contributed by atoms with Crippen molar-refractivity contribution in [2.75, 3.05) is 11.9 Å². The van der Waals surface area contributed by atoms with Gasteiger partial charge in [-0.2, -0.15) is 0 Å². The minimum Gasteiger partial charge on any atom is -0.462 e. The number of halogens is 1. The van der Waals surface area contributed by atoms with E-state index < -0.39 is 11.9 Å². The van der Waals surface area contributed by atoms with Crippen LogP contribution in [-0.2, 0) is 4.74 Å². The monoisotopic (exact) mass is 434 g/mol. The van der Waals surface area contributed by atoms with Gasteiger partial charge in [-0.3, -0.25) is 9.59 Å². The molecule has 1 saturated carbocycles. The molecular weight excluding hydrogens is 412 g/mol. The Bertz CT molecular complexity index is 935. The highest BCUT2D eigenvalue weighted by Crippen LogP contribution is 2.34. The van der Waals surface area contributed by atoms with Crippen LogP contribution >= 0.6 is 22.9 Å². The van der Waals surface area contributed by atoms with E-state index in [0.717, 1.165) is 37.0 Å². The second-order valence-corrected chi connectivity index (χ2v) is 8.36. The molecule has 1 aliphatic carbocycles. The summed E-state index contributed by atoms with van der Waals surface area (Å²) >= 11 is 7.04. The zero-order valence-electron chi connectivity index (χ0n) is 16.3. The number of hydrogen-bond acceptors (Lipinski definition) is 5. The number of nitrogens with one attached hydrogen (secondary N) is 2. The lowest BCUT2D eigenvalue weighted by molar-refractivity contribution is 0.0527. The third kappa shape index (κ3) is 4.97. The number of benzene rings is 1. The van der Waals surface area contributed by atoms with Gasteiger partial charge in [0.25, 0.3) is 11.8 Å². The number of ether oxygens (including phenoxy) is 1. The largest absolute Gasteiger partial charge is 0.462 e. The molecule has 2 amide bonds. The van der Waals surface area contributed by atoms with Crippen LogP contribution < -0.4 is 10.6 Å². The van der Waals surface area contributed by atoms with Crippen molar-refractivity contribution in [2.45, 2.75) is 45.6 Å². The first kappa shape index (κ1) is 21.3. The van der Waals surface area contributed by atoms with Gasteiger partial charge < -0.3 is 15.4 Å². The van der Waals surface area contributed by atoms with E-state index in [1.165, 1.54) is 6.07 Å². The maximum Gasteiger partial charge on any atom is 0.341 e. The highest BCUT2D eigenvalue weighted by molar-refractivity contribution is 7.18. The van der Waals surface area contributed by atoms with Crippen LogP contribution in [0.15, 0.2) is 24.3 Å². The van der Waals surface area contributed by atoms with Crippen LogP contribution in [0.1, 0.15) is 68.6 Å². The number of rotatable bonds is 6. The predicted molar refractivity (Wildman–Crippen MR) is 114 cm³/mol. The van der Waals surface area contributed by atoms with Gasteiger partial charge in [-0.15, -0.1) is 11.3 Å². The molecule has 29 heavy (non-hydrogen) atoms. The topological polar surface area (TPSA) is 84.5 Å². The molecule has 1 heterocycles. The maximum atomic E-state index is 12.8. The highest BCUT2D eigenvalue weighted by atomic mass is 35.5. The lowest BCUT2D eigenvalue weighted by Gasteiger charge is -2.11. The molecule has 6 nitrogen and oxygen atoms in total. The number of esters is 1. The summed E-state index contributed by atoms with van der Waals surface area (Å²) in [4.78, 5) is 38.4. The van der Waals surface area contributed by atoms with Crippen molar-refractivity contribution < 1.29 is 19.1 Å². The first-order valence-corrected chi connectivity index (χ1v) is 10.8. The molecule has 2 N–H and O–H groups in total. The van der Waals surface area contributed by atoms with E-state index in [4.69, 9.17) is 16.3 Å². The van der Waals surface area contributed by atoms with Gasteiger partial charge in [0, 0.05) is 16.6 Å². The van der Waals surface area contributed by atoms with E-state index in [0.29, 0.717) is 26.0 Å². The Balaban J connectivity index is 1.90. The van der Waals surface area contributed by atoms with E-state index in [1.54, 1.807) is 32.0 Å². The van der Waals surface area contributed by atoms with E-state index >= 15 is 0 Å². The Morgan fingerprint density at radius 1 is 1.21 bits per heavy atom. The van der Waals surface area contributed by atoms with Gasteiger partial charge in [0.1, 0.15) is 5.00 Å². The molecule has 0 spiro atoms. The van der Waals surface area contributed by atoms with Gasteiger partial charge in [-0.25, -0.2) is 4.79 Å². The minimum atomic E-state index is -0.567. The molecule has 154 valence electrons. The van der Waals surface area contributed by atoms with Gasteiger partial charge in [0.15, 0.2) is 0 Å². The van der Waals surface area contributed by atoms with E-state index in [2.05, 4.69) is 10.6 Å². The van der Waals surface area contributed by atoms with Crippen molar-refractivity contribution in [3.05, 3.63) is 50.9 Å². The van der Waals surface area contributed by atoms with Crippen LogP contribution in [0.4, 0.5) is 5.00 Å². The van der Waals surface area contributed by atoms with Crippen LogP contribution in [0.3, 0.4) is 0 Å². The average Bonchev–Trinajstić information content (AvgIpc) is 3.29. The Morgan fingerprint density at radius 3 is 2.59 bits per heavy atom. The number of carbonyl (C=O) groups excluding carboxylic acids is 3. The molecule has 1 aliphatic rings. The Kier molecular flexibility index (Phi) is 6.92. The fourth-order valence-corrected chi connectivity index (χ4v) is 4.68. The van der Waals surface area contributed by atoms with Crippen molar-refractivity contribution >= 4 is 45.7 Å². The fraction of sp³-hybridized carbons (Fsp3) is 0.381. The first-order valence-electron chi connectivity index (χ1n) is 9.59. The second kappa shape index (κ2) is 9.41. The summed E-state index contributed by atoms with van der Waals surface area (Å²) in [6.07, 6.45) is 4.12. The highest BCUT2D eigenvalue weighted by Gasteiger charge is 2.28. The normalized spacial score (nSPS) is 13.9. The van der Waals surface area contributed by atoms with Gasteiger partial charge in [-0.1, -0.05) is 30.5 Å². The molecule has 3 rings (SSSR count).